The molecule has 1 heterocycles. The highest BCUT2D eigenvalue weighted by atomic mass is 19.1. The molecular formula is C16H17F2NO2. The predicted octanol–water partition coefficient (Wildman–Crippen LogP) is 3.70. The first kappa shape index (κ1) is 14.1. The van der Waals surface area contributed by atoms with Crippen molar-refractivity contribution in [2.75, 3.05) is 0 Å². The van der Waals surface area contributed by atoms with Gasteiger partial charge in [-0.15, -0.1) is 0 Å². The Hall–Kier alpha value is -1.88. The van der Waals surface area contributed by atoms with Gasteiger partial charge in [0.1, 0.15) is 23.9 Å². The summed E-state index contributed by atoms with van der Waals surface area (Å²) < 4.78 is 37.3. The Labute approximate surface area is 121 Å². The molecule has 5 heteroatoms. The first-order valence-electron chi connectivity index (χ1n) is 7.01. The lowest BCUT2D eigenvalue weighted by Crippen LogP contribution is -2.14. The zero-order valence-corrected chi connectivity index (χ0v) is 11.8. The number of furan rings is 1. The number of ether oxygens (including phenoxy) is 1. The minimum Gasteiger partial charge on any atom is -0.486 e. The molecule has 1 aromatic heterocycles. The molecule has 1 saturated carbocycles. The SMILES string of the molecule is Cc1oc(CNC2CC2)cc1COc1ccc(F)cc1F. The molecule has 1 aromatic carbocycles. The molecule has 0 spiro atoms. The van der Waals surface area contributed by atoms with Crippen LogP contribution >= 0.6 is 0 Å². The van der Waals surface area contributed by atoms with Gasteiger partial charge in [-0.05, 0) is 38.0 Å². The fourth-order valence-electron chi connectivity index (χ4n) is 2.10. The molecule has 1 aliphatic carbocycles. The predicted molar refractivity (Wildman–Crippen MR) is 74.0 cm³/mol. The van der Waals surface area contributed by atoms with E-state index in [4.69, 9.17) is 9.15 Å². The molecule has 0 bridgehead atoms. The van der Waals surface area contributed by atoms with Crippen molar-refractivity contribution < 1.29 is 17.9 Å². The maximum atomic E-state index is 13.5. The highest BCUT2D eigenvalue weighted by Gasteiger charge is 2.21. The third-order valence-corrected chi connectivity index (χ3v) is 3.49. The molecule has 0 radical (unpaired) electrons. The number of rotatable bonds is 6. The number of aryl methyl sites for hydroxylation is 1. The minimum absolute atomic E-state index is 0.0367. The van der Waals surface area contributed by atoms with Crippen molar-refractivity contribution >= 4 is 0 Å². The van der Waals surface area contributed by atoms with E-state index in [1.165, 1.54) is 25.0 Å². The lowest BCUT2D eigenvalue weighted by Gasteiger charge is -2.06. The average Bonchev–Trinajstić information content (AvgIpc) is 3.20. The summed E-state index contributed by atoms with van der Waals surface area (Å²) in [6.45, 7) is 2.73. The van der Waals surface area contributed by atoms with Gasteiger partial charge in [-0.1, -0.05) is 0 Å². The van der Waals surface area contributed by atoms with Crippen LogP contribution in [-0.2, 0) is 13.2 Å². The molecule has 1 aliphatic rings. The first-order valence-corrected chi connectivity index (χ1v) is 7.01. The summed E-state index contributed by atoms with van der Waals surface area (Å²) in [5.74, 6) is 0.317. The molecule has 3 rings (SSSR count). The second-order valence-electron chi connectivity index (χ2n) is 5.31. The second-order valence-corrected chi connectivity index (χ2v) is 5.31. The molecule has 21 heavy (non-hydrogen) atoms. The standard InChI is InChI=1S/C16H17F2NO2/c1-10-11(6-14(21-10)8-19-13-3-4-13)9-20-16-5-2-12(17)7-15(16)18/h2,5-7,13,19H,3-4,8-9H2,1H3. The Kier molecular flexibility index (Phi) is 3.92. The molecule has 0 unspecified atom stereocenters. The lowest BCUT2D eigenvalue weighted by molar-refractivity contribution is 0.286. The van der Waals surface area contributed by atoms with Gasteiger partial charge < -0.3 is 14.5 Å². The largest absolute Gasteiger partial charge is 0.486 e. The van der Waals surface area contributed by atoms with Gasteiger partial charge in [-0.25, -0.2) is 8.78 Å². The van der Waals surface area contributed by atoms with Crippen LogP contribution in [0, 0.1) is 18.6 Å². The molecule has 3 nitrogen and oxygen atoms in total. The molecule has 0 aliphatic heterocycles. The number of nitrogens with one attached hydrogen (secondary N) is 1. The van der Waals surface area contributed by atoms with Gasteiger partial charge >= 0.3 is 0 Å². The fraction of sp³-hybridized carbons (Fsp3) is 0.375. The Morgan fingerprint density at radius 2 is 2.10 bits per heavy atom. The summed E-state index contributed by atoms with van der Waals surface area (Å²) in [6.07, 6.45) is 2.44. The third kappa shape index (κ3) is 3.61. The quantitative estimate of drug-likeness (QED) is 0.882. The normalized spacial score (nSPS) is 14.4. The second kappa shape index (κ2) is 5.85. The summed E-state index contributed by atoms with van der Waals surface area (Å²) >= 11 is 0. The van der Waals surface area contributed by atoms with E-state index in [1.54, 1.807) is 0 Å². The van der Waals surface area contributed by atoms with Crippen LogP contribution in [0.25, 0.3) is 0 Å². The van der Waals surface area contributed by atoms with Crippen molar-refractivity contribution in [3.05, 3.63) is 53.0 Å². The summed E-state index contributed by atoms with van der Waals surface area (Å²) in [5, 5.41) is 3.37. The maximum Gasteiger partial charge on any atom is 0.167 e. The van der Waals surface area contributed by atoms with Gasteiger partial charge in [0.2, 0.25) is 0 Å². The van der Waals surface area contributed by atoms with Gasteiger partial charge in [0.25, 0.3) is 0 Å². The Morgan fingerprint density at radius 1 is 1.29 bits per heavy atom. The van der Waals surface area contributed by atoms with Gasteiger partial charge in [-0.3, -0.25) is 0 Å². The lowest BCUT2D eigenvalue weighted by atomic mass is 10.2. The highest BCUT2D eigenvalue weighted by molar-refractivity contribution is 5.26. The van der Waals surface area contributed by atoms with E-state index in [1.807, 2.05) is 13.0 Å². The van der Waals surface area contributed by atoms with Crippen LogP contribution in [0.4, 0.5) is 8.78 Å². The zero-order chi connectivity index (χ0) is 14.8. The van der Waals surface area contributed by atoms with E-state index >= 15 is 0 Å². The summed E-state index contributed by atoms with van der Waals surface area (Å²) in [6, 6.07) is 5.79. The van der Waals surface area contributed by atoms with E-state index in [-0.39, 0.29) is 12.4 Å². The molecule has 0 atom stereocenters. The topological polar surface area (TPSA) is 34.4 Å². The van der Waals surface area contributed by atoms with Gasteiger partial charge in [0.05, 0.1) is 6.54 Å². The molecule has 0 saturated heterocycles. The van der Waals surface area contributed by atoms with Crippen LogP contribution in [0.5, 0.6) is 5.75 Å². The smallest absolute Gasteiger partial charge is 0.167 e. The molecule has 1 fully saturated rings. The molecular weight excluding hydrogens is 276 g/mol. The zero-order valence-electron chi connectivity index (χ0n) is 11.8. The number of benzene rings is 1. The van der Waals surface area contributed by atoms with E-state index in [0.717, 1.165) is 23.2 Å². The Balaban J connectivity index is 1.61. The van der Waals surface area contributed by atoms with Crippen molar-refractivity contribution in [3.63, 3.8) is 0 Å². The van der Waals surface area contributed by atoms with Gasteiger partial charge in [-0.2, -0.15) is 0 Å². The van der Waals surface area contributed by atoms with Crippen molar-refractivity contribution in [3.8, 4) is 5.75 Å². The van der Waals surface area contributed by atoms with Crippen LogP contribution in [0.2, 0.25) is 0 Å². The van der Waals surface area contributed by atoms with Crippen LogP contribution in [-0.4, -0.2) is 6.04 Å². The van der Waals surface area contributed by atoms with Crippen LogP contribution in [0.3, 0.4) is 0 Å². The fourth-order valence-corrected chi connectivity index (χ4v) is 2.10. The first-order chi connectivity index (χ1) is 10.1. The summed E-state index contributed by atoms with van der Waals surface area (Å²) in [5.41, 5.74) is 0.867. The molecule has 1 N–H and O–H groups in total. The summed E-state index contributed by atoms with van der Waals surface area (Å²) in [4.78, 5) is 0. The number of hydrogen-bond acceptors (Lipinski definition) is 3. The molecule has 112 valence electrons. The third-order valence-electron chi connectivity index (χ3n) is 3.49. The molecule has 2 aromatic rings. The molecule has 0 amide bonds. The summed E-state index contributed by atoms with van der Waals surface area (Å²) in [7, 11) is 0. The Bertz CT molecular complexity index is 635. The van der Waals surface area contributed by atoms with Crippen molar-refractivity contribution in [1.29, 1.82) is 0 Å². The van der Waals surface area contributed by atoms with E-state index in [2.05, 4.69) is 5.32 Å². The monoisotopic (exact) mass is 293 g/mol. The van der Waals surface area contributed by atoms with Crippen molar-refractivity contribution in [2.24, 2.45) is 0 Å². The van der Waals surface area contributed by atoms with E-state index in [0.29, 0.717) is 12.6 Å². The van der Waals surface area contributed by atoms with Crippen LogP contribution in [0.1, 0.15) is 29.9 Å². The van der Waals surface area contributed by atoms with Crippen LogP contribution < -0.4 is 10.1 Å². The number of hydrogen-bond donors (Lipinski definition) is 1. The maximum absolute atomic E-state index is 13.5. The van der Waals surface area contributed by atoms with Crippen LogP contribution in [0.15, 0.2) is 28.7 Å². The van der Waals surface area contributed by atoms with Gasteiger partial charge in [0, 0.05) is 17.7 Å². The number of halogens is 2. The highest BCUT2D eigenvalue weighted by Crippen LogP contribution is 2.23. The Morgan fingerprint density at radius 3 is 2.81 bits per heavy atom. The average molecular weight is 293 g/mol. The minimum atomic E-state index is -0.702. The van der Waals surface area contributed by atoms with Crippen molar-refractivity contribution in [2.45, 2.75) is 39.0 Å². The van der Waals surface area contributed by atoms with Gasteiger partial charge in [0.15, 0.2) is 11.6 Å². The van der Waals surface area contributed by atoms with E-state index in [9.17, 15) is 8.78 Å². The van der Waals surface area contributed by atoms with Crippen molar-refractivity contribution in [1.82, 2.24) is 5.32 Å². The van der Waals surface area contributed by atoms with E-state index < -0.39 is 11.6 Å².